The lowest BCUT2D eigenvalue weighted by molar-refractivity contribution is 0.623. The molecule has 1 aromatic rings. The van der Waals surface area contributed by atoms with E-state index in [-0.39, 0.29) is 17.2 Å². The van der Waals surface area contributed by atoms with Crippen LogP contribution in [0.1, 0.15) is 11.1 Å². The number of nitriles is 1. The van der Waals surface area contributed by atoms with Crippen molar-refractivity contribution in [2.45, 2.75) is 0 Å². The molecule has 6 N–H and O–H groups in total. The van der Waals surface area contributed by atoms with Crippen molar-refractivity contribution in [3.05, 3.63) is 41.3 Å². The molecule has 0 amide bonds. The van der Waals surface area contributed by atoms with Crippen LogP contribution in [-0.4, -0.2) is 5.96 Å². The minimum atomic E-state index is -0.638. The van der Waals surface area contributed by atoms with Gasteiger partial charge in [0, 0.05) is 5.56 Å². The van der Waals surface area contributed by atoms with Crippen LogP contribution >= 0.6 is 0 Å². The maximum atomic E-state index is 13.2. The second-order valence-corrected chi connectivity index (χ2v) is 2.94. The van der Waals surface area contributed by atoms with Crippen molar-refractivity contribution in [2.24, 2.45) is 22.2 Å². The summed E-state index contributed by atoms with van der Waals surface area (Å²) in [4.78, 5) is 3.57. The van der Waals surface area contributed by atoms with Crippen LogP contribution in [0.3, 0.4) is 0 Å². The largest absolute Gasteiger partial charge is 0.397 e. The van der Waals surface area contributed by atoms with Gasteiger partial charge in [0.25, 0.3) is 0 Å². The first kappa shape index (κ1) is 11.5. The van der Waals surface area contributed by atoms with Gasteiger partial charge in [0.1, 0.15) is 11.9 Å². The molecule has 0 spiro atoms. The lowest BCUT2D eigenvalue weighted by Gasteiger charge is -2.01. The topological polar surface area (TPSA) is 114 Å². The zero-order valence-electron chi connectivity index (χ0n) is 8.31. The molecule has 0 aliphatic heterocycles. The summed E-state index contributed by atoms with van der Waals surface area (Å²) in [5.74, 6) is -0.780. The Morgan fingerprint density at radius 1 is 1.38 bits per heavy atom. The van der Waals surface area contributed by atoms with Crippen molar-refractivity contribution in [2.75, 3.05) is 0 Å². The first-order valence-corrected chi connectivity index (χ1v) is 4.29. The van der Waals surface area contributed by atoms with Gasteiger partial charge in [-0.1, -0.05) is 6.07 Å². The molecule has 16 heavy (non-hydrogen) atoms. The van der Waals surface area contributed by atoms with Gasteiger partial charge in [0.2, 0.25) is 0 Å². The average molecular weight is 219 g/mol. The number of benzene rings is 1. The van der Waals surface area contributed by atoms with Crippen LogP contribution in [0.25, 0.3) is 5.70 Å². The normalized spacial score (nSPS) is 10.6. The van der Waals surface area contributed by atoms with Gasteiger partial charge >= 0.3 is 0 Å². The zero-order valence-corrected chi connectivity index (χ0v) is 8.31. The maximum absolute atomic E-state index is 13.2. The van der Waals surface area contributed by atoms with Crippen LogP contribution < -0.4 is 17.2 Å². The summed E-state index contributed by atoms with van der Waals surface area (Å²) < 4.78 is 13.2. The Morgan fingerprint density at radius 3 is 2.56 bits per heavy atom. The van der Waals surface area contributed by atoms with Gasteiger partial charge in [-0.25, -0.2) is 9.38 Å². The van der Waals surface area contributed by atoms with Crippen molar-refractivity contribution >= 4 is 11.7 Å². The predicted octanol–water partition coefficient (Wildman–Crippen LogP) is 0.228. The van der Waals surface area contributed by atoms with Crippen LogP contribution in [0, 0.1) is 17.1 Å². The molecule has 0 aromatic heterocycles. The third kappa shape index (κ3) is 2.72. The summed E-state index contributed by atoms with van der Waals surface area (Å²) in [5.41, 5.74) is 16.4. The van der Waals surface area contributed by atoms with Crippen LogP contribution in [0.2, 0.25) is 0 Å². The lowest BCUT2D eigenvalue weighted by atomic mass is 10.1. The molecule has 1 aromatic carbocycles. The van der Waals surface area contributed by atoms with E-state index in [1.807, 2.05) is 0 Å². The van der Waals surface area contributed by atoms with E-state index in [1.54, 1.807) is 6.07 Å². The van der Waals surface area contributed by atoms with E-state index in [2.05, 4.69) is 4.99 Å². The second kappa shape index (κ2) is 4.79. The van der Waals surface area contributed by atoms with Gasteiger partial charge in [-0.3, -0.25) is 0 Å². The highest BCUT2D eigenvalue weighted by Crippen LogP contribution is 2.14. The first-order chi connectivity index (χ1) is 7.54. The Balaban J connectivity index is 3.08. The molecule has 0 saturated heterocycles. The number of halogens is 1. The highest BCUT2D eigenvalue weighted by Gasteiger charge is 2.03. The fourth-order valence-electron chi connectivity index (χ4n) is 1.00. The van der Waals surface area contributed by atoms with Gasteiger partial charge < -0.3 is 17.2 Å². The monoisotopic (exact) mass is 219 g/mol. The minimum Gasteiger partial charge on any atom is -0.397 e. The Labute approximate surface area is 91.7 Å². The fourth-order valence-corrected chi connectivity index (χ4v) is 1.00. The van der Waals surface area contributed by atoms with E-state index < -0.39 is 5.82 Å². The van der Waals surface area contributed by atoms with Gasteiger partial charge in [0.15, 0.2) is 5.96 Å². The molecule has 0 fully saturated rings. The molecule has 0 radical (unpaired) electrons. The van der Waals surface area contributed by atoms with E-state index in [0.29, 0.717) is 5.56 Å². The van der Waals surface area contributed by atoms with Crippen LogP contribution in [0.15, 0.2) is 29.4 Å². The Hall–Kier alpha value is -2.55. The summed E-state index contributed by atoms with van der Waals surface area (Å²) in [6, 6.07) is 5.70. The molecule has 82 valence electrons. The number of nitrogens with two attached hydrogens (primary N) is 3. The summed E-state index contributed by atoms with van der Waals surface area (Å²) in [6.07, 6.45) is 1.22. The molecule has 5 nitrogen and oxygen atoms in total. The van der Waals surface area contributed by atoms with Gasteiger partial charge in [-0.15, -0.1) is 0 Å². The molecule has 1 rings (SSSR count). The molecule has 0 bridgehead atoms. The van der Waals surface area contributed by atoms with E-state index in [1.165, 1.54) is 18.3 Å². The molecule has 0 saturated carbocycles. The molecule has 0 unspecified atom stereocenters. The Morgan fingerprint density at radius 2 is 2.06 bits per heavy atom. The van der Waals surface area contributed by atoms with Crippen molar-refractivity contribution < 1.29 is 4.39 Å². The highest BCUT2D eigenvalue weighted by molar-refractivity contribution is 5.77. The molecular formula is C10H10FN5. The third-order valence-corrected chi connectivity index (χ3v) is 1.78. The number of aliphatic imine (C=N–C) groups is 1. The number of nitrogens with zero attached hydrogens (tertiary/aromatic N) is 2. The number of hydrogen-bond donors (Lipinski definition) is 3. The van der Waals surface area contributed by atoms with E-state index in [9.17, 15) is 4.39 Å². The molecule has 0 aliphatic rings. The maximum Gasteiger partial charge on any atom is 0.190 e. The van der Waals surface area contributed by atoms with Crippen molar-refractivity contribution in [3.8, 4) is 6.07 Å². The van der Waals surface area contributed by atoms with Gasteiger partial charge in [-0.05, 0) is 12.1 Å². The molecule has 0 aliphatic carbocycles. The predicted molar refractivity (Wildman–Crippen MR) is 59.1 cm³/mol. The van der Waals surface area contributed by atoms with Crippen LogP contribution in [0.5, 0.6) is 0 Å². The van der Waals surface area contributed by atoms with Gasteiger partial charge in [0.05, 0.1) is 17.5 Å². The Kier molecular flexibility index (Phi) is 3.45. The third-order valence-electron chi connectivity index (χ3n) is 1.78. The Bertz CT molecular complexity index is 494. The number of guanidine groups is 1. The van der Waals surface area contributed by atoms with Crippen LogP contribution in [-0.2, 0) is 0 Å². The SMILES string of the molecule is N#Cc1ccc(/C(N)=C/N=C(N)N)cc1F. The van der Waals surface area contributed by atoms with E-state index >= 15 is 0 Å². The fraction of sp³-hybridized carbons (Fsp3) is 0. The second-order valence-electron chi connectivity index (χ2n) is 2.94. The zero-order chi connectivity index (χ0) is 12.1. The van der Waals surface area contributed by atoms with E-state index in [4.69, 9.17) is 22.5 Å². The summed E-state index contributed by atoms with van der Waals surface area (Å²) in [5, 5.41) is 8.53. The van der Waals surface area contributed by atoms with Crippen molar-refractivity contribution in [1.29, 1.82) is 5.26 Å². The molecular weight excluding hydrogens is 209 g/mol. The molecule has 0 heterocycles. The number of hydrogen-bond acceptors (Lipinski definition) is 3. The first-order valence-electron chi connectivity index (χ1n) is 4.29. The smallest absolute Gasteiger partial charge is 0.190 e. The minimum absolute atomic E-state index is 0.0432. The summed E-state index contributed by atoms with van der Waals surface area (Å²) >= 11 is 0. The van der Waals surface area contributed by atoms with Gasteiger partial charge in [-0.2, -0.15) is 5.26 Å². The average Bonchev–Trinajstić information content (AvgIpc) is 2.25. The summed E-state index contributed by atoms with van der Waals surface area (Å²) in [7, 11) is 0. The quantitative estimate of drug-likeness (QED) is 0.487. The standard InChI is InChI=1S/C10H10FN5/c11-8-3-6(1-2-7(8)4-12)9(13)5-16-10(14)15/h1-3,5H,13H2,(H4,14,15,16)/b9-5-. The van der Waals surface area contributed by atoms with Crippen molar-refractivity contribution in [1.82, 2.24) is 0 Å². The van der Waals surface area contributed by atoms with Crippen LogP contribution in [0.4, 0.5) is 4.39 Å². The molecule has 0 atom stereocenters. The highest BCUT2D eigenvalue weighted by atomic mass is 19.1. The molecule has 6 heteroatoms. The number of rotatable bonds is 2. The lowest BCUT2D eigenvalue weighted by Crippen LogP contribution is -2.22. The van der Waals surface area contributed by atoms with Crippen molar-refractivity contribution in [3.63, 3.8) is 0 Å². The van der Waals surface area contributed by atoms with E-state index in [0.717, 1.165) is 6.07 Å². The summed E-state index contributed by atoms with van der Waals surface area (Å²) in [6.45, 7) is 0.